The lowest BCUT2D eigenvalue weighted by Crippen LogP contribution is -2.47. The number of aromatic nitrogens is 4. The summed E-state index contributed by atoms with van der Waals surface area (Å²) >= 11 is 1.60. The van der Waals surface area contributed by atoms with Crippen LogP contribution in [-0.2, 0) is 6.42 Å². The van der Waals surface area contributed by atoms with Gasteiger partial charge in [-0.3, -0.25) is 0 Å². The lowest BCUT2D eigenvalue weighted by molar-refractivity contribution is 0.629. The maximum absolute atomic E-state index is 4.66. The molecule has 0 atom stereocenters. The molecule has 122 valence electrons. The highest BCUT2D eigenvalue weighted by molar-refractivity contribution is 7.98. The van der Waals surface area contributed by atoms with Gasteiger partial charge < -0.3 is 9.80 Å². The van der Waals surface area contributed by atoms with Crippen LogP contribution in [-0.4, -0.2) is 52.4 Å². The van der Waals surface area contributed by atoms with Crippen molar-refractivity contribution in [3.8, 4) is 0 Å². The molecule has 3 rings (SSSR count). The quantitative estimate of drug-likeness (QED) is 0.629. The largest absolute Gasteiger partial charge is 0.353 e. The van der Waals surface area contributed by atoms with Crippen LogP contribution in [0.25, 0.3) is 0 Å². The predicted molar refractivity (Wildman–Crippen MR) is 94.4 cm³/mol. The summed E-state index contributed by atoms with van der Waals surface area (Å²) in [6.07, 6.45) is 4.78. The first-order valence-electron chi connectivity index (χ1n) is 7.91. The summed E-state index contributed by atoms with van der Waals surface area (Å²) < 4.78 is 0. The zero-order valence-electron chi connectivity index (χ0n) is 13.9. The van der Waals surface area contributed by atoms with Gasteiger partial charge in [0, 0.05) is 49.8 Å². The molecule has 6 nitrogen and oxygen atoms in total. The van der Waals surface area contributed by atoms with Gasteiger partial charge in [0.2, 0.25) is 5.95 Å². The molecule has 23 heavy (non-hydrogen) atoms. The monoisotopic (exact) mass is 330 g/mol. The molecule has 3 heterocycles. The Hall–Kier alpha value is -1.89. The molecule has 0 N–H and O–H groups in total. The molecule has 0 aliphatic carbocycles. The van der Waals surface area contributed by atoms with Gasteiger partial charge in [-0.1, -0.05) is 18.7 Å². The van der Waals surface area contributed by atoms with Crippen LogP contribution < -0.4 is 9.80 Å². The van der Waals surface area contributed by atoms with Crippen molar-refractivity contribution >= 4 is 23.5 Å². The predicted octanol–water partition coefficient (Wildman–Crippen LogP) is 2.19. The van der Waals surface area contributed by atoms with Crippen LogP contribution in [0, 0.1) is 6.92 Å². The van der Waals surface area contributed by atoms with Crippen molar-refractivity contribution in [2.75, 3.05) is 42.2 Å². The highest BCUT2D eigenvalue weighted by atomic mass is 32.2. The van der Waals surface area contributed by atoms with Crippen LogP contribution in [0.4, 0.5) is 11.8 Å². The van der Waals surface area contributed by atoms with Gasteiger partial charge in [0.15, 0.2) is 5.16 Å². The summed E-state index contributed by atoms with van der Waals surface area (Å²) in [5.74, 6) is 1.86. The van der Waals surface area contributed by atoms with Gasteiger partial charge in [0.1, 0.15) is 5.82 Å². The van der Waals surface area contributed by atoms with Gasteiger partial charge in [0.05, 0.1) is 0 Å². The van der Waals surface area contributed by atoms with Crippen LogP contribution in [0.5, 0.6) is 0 Å². The second kappa shape index (κ2) is 7.12. The first-order chi connectivity index (χ1) is 11.2. The summed E-state index contributed by atoms with van der Waals surface area (Å²) in [5.41, 5.74) is 2.11. The second-order valence-electron chi connectivity index (χ2n) is 5.53. The molecule has 1 saturated heterocycles. The zero-order chi connectivity index (χ0) is 16.2. The van der Waals surface area contributed by atoms with Crippen molar-refractivity contribution in [3.63, 3.8) is 0 Å². The maximum atomic E-state index is 4.66. The fourth-order valence-corrected chi connectivity index (χ4v) is 3.01. The zero-order valence-corrected chi connectivity index (χ0v) is 14.7. The highest BCUT2D eigenvalue weighted by Crippen LogP contribution is 2.20. The summed E-state index contributed by atoms with van der Waals surface area (Å²) in [4.78, 5) is 22.7. The topological polar surface area (TPSA) is 58.0 Å². The van der Waals surface area contributed by atoms with E-state index in [2.05, 4.69) is 42.7 Å². The van der Waals surface area contributed by atoms with Crippen molar-refractivity contribution < 1.29 is 0 Å². The molecular formula is C16H22N6S. The molecule has 0 amide bonds. The average molecular weight is 330 g/mol. The Bertz CT molecular complexity index is 647. The number of thioether (sulfide) groups is 1. The SMILES string of the molecule is CCc1cc(N2CCN(c3nccc(C)n3)CC2)nc(SC)n1. The van der Waals surface area contributed by atoms with Crippen molar-refractivity contribution in [2.24, 2.45) is 0 Å². The van der Waals surface area contributed by atoms with Gasteiger partial charge in [-0.2, -0.15) is 0 Å². The molecule has 7 heteroatoms. The standard InChI is InChI=1S/C16H22N6S/c1-4-13-11-14(20-16(19-13)23-3)21-7-9-22(10-8-21)15-17-6-5-12(2)18-15/h5-6,11H,4,7-10H2,1-3H3. The Morgan fingerprint density at radius 2 is 1.83 bits per heavy atom. The number of anilines is 2. The maximum Gasteiger partial charge on any atom is 0.225 e. The van der Waals surface area contributed by atoms with E-state index in [0.717, 1.165) is 60.9 Å². The summed E-state index contributed by atoms with van der Waals surface area (Å²) in [5, 5.41) is 0.851. The Kier molecular flexibility index (Phi) is 4.95. The molecule has 1 aliphatic heterocycles. The van der Waals surface area contributed by atoms with Crippen molar-refractivity contribution in [2.45, 2.75) is 25.4 Å². The number of nitrogens with zero attached hydrogens (tertiary/aromatic N) is 6. The molecule has 0 bridgehead atoms. The molecule has 1 fully saturated rings. The molecule has 1 aliphatic rings. The number of piperazine rings is 1. The van der Waals surface area contributed by atoms with Crippen LogP contribution in [0.3, 0.4) is 0 Å². The fraction of sp³-hybridized carbons (Fsp3) is 0.500. The third-order valence-corrected chi connectivity index (χ3v) is 4.51. The number of aryl methyl sites for hydroxylation is 2. The summed E-state index contributed by atoms with van der Waals surface area (Å²) in [7, 11) is 0. The first-order valence-corrected chi connectivity index (χ1v) is 9.13. The lowest BCUT2D eigenvalue weighted by atomic mass is 10.2. The van der Waals surface area contributed by atoms with Crippen LogP contribution >= 0.6 is 11.8 Å². The summed E-state index contributed by atoms with van der Waals surface area (Å²) in [6, 6.07) is 4.04. The minimum absolute atomic E-state index is 0.825. The van der Waals surface area contributed by atoms with Crippen LogP contribution in [0.2, 0.25) is 0 Å². The molecule has 0 unspecified atom stereocenters. The molecule has 0 aromatic carbocycles. The molecule has 2 aromatic heterocycles. The third-order valence-electron chi connectivity index (χ3n) is 3.96. The van der Waals surface area contributed by atoms with E-state index in [1.54, 1.807) is 11.8 Å². The van der Waals surface area contributed by atoms with Gasteiger partial charge >= 0.3 is 0 Å². The first kappa shape index (κ1) is 16.0. The Labute approximate surface area is 141 Å². The Morgan fingerprint density at radius 1 is 1.09 bits per heavy atom. The molecule has 0 saturated carbocycles. The van der Waals surface area contributed by atoms with Gasteiger partial charge in [-0.15, -0.1) is 0 Å². The van der Waals surface area contributed by atoms with E-state index in [1.807, 2.05) is 25.4 Å². The van der Waals surface area contributed by atoms with E-state index in [4.69, 9.17) is 0 Å². The van der Waals surface area contributed by atoms with Crippen molar-refractivity contribution in [1.29, 1.82) is 0 Å². The highest BCUT2D eigenvalue weighted by Gasteiger charge is 2.20. The molecule has 0 spiro atoms. The van der Waals surface area contributed by atoms with E-state index < -0.39 is 0 Å². The molecule has 2 aromatic rings. The minimum Gasteiger partial charge on any atom is -0.353 e. The number of hydrogen-bond acceptors (Lipinski definition) is 7. The van der Waals surface area contributed by atoms with Crippen LogP contribution in [0.15, 0.2) is 23.5 Å². The van der Waals surface area contributed by atoms with E-state index in [1.165, 1.54) is 0 Å². The van der Waals surface area contributed by atoms with Crippen LogP contribution in [0.1, 0.15) is 18.3 Å². The van der Waals surface area contributed by atoms with E-state index in [9.17, 15) is 0 Å². The summed E-state index contributed by atoms with van der Waals surface area (Å²) in [6.45, 7) is 7.78. The second-order valence-corrected chi connectivity index (χ2v) is 6.30. The van der Waals surface area contributed by atoms with Gasteiger partial charge in [-0.05, 0) is 25.7 Å². The van der Waals surface area contributed by atoms with Gasteiger partial charge in [0.25, 0.3) is 0 Å². The molecule has 0 radical (unpaired) electrons. The third kappa shape index (κ3) is 3.72. The molecular weight excluding hydrogens is 308 g/mol. The van der Waals surface area contributed by atoms with E-state index >= 15 is 0 Å². The van der Waals surface area contributed by atoms with E-state index in [-0.39, 0.29) is 0 Å². The van der Waals surface area contributed by atoms with Crippen molar-refractivity contribution in [1.82, 2.24) is 19.9 Å². The Balaban J connectivity index is 1.71. The Morgan fingerprint density at radius 3 is 2.48 bits per heavy atom. The smallest absolute Gasteiger partial charge is 0.225 e. The van der Waals surface area contributed by atoms with E-state index in [0.29, 0.717) is 0 Å². The van der Waals surface area contributed by atoms with Crippen molar-refractivity contribution in [3.05, 3.63) is 29.7 Å². The lowest BCUT2D eigenvalue weighted by Gasteiger charge is -2.35. The normalized spacial score (nSPS) is 15.1. The van der Waals surface area contributed by atoms with Gasteiger partial charge in [-0.25, -0.2) is 19.9 Å². The average Bonchev–Trinajstić information content (AvgIpc) is 2.61. The minimum atomic E-state index is 0.825. The fourth-order valence-electron chi connectivity index (χ4n) is 2.62. The number of rotatable bonds is 4. The number of hydrogen-bond donors (Lipinski definition) is 0.